The molecule has 1 aromatic carbocycles. The maximum atomic E-state index is 12.4. The van der Waals surface area contributed by atoms with E-state index in [9.17, 15) is 9.90 Å². The maximum absolute atomic E-state index is 12.4. The topological polar surface area (TPSA) is 91.5 Å². The van der Waals surface area contributed by atoms with E-state index in [1.165, 1.54) is 24.2 Å². The van der Waals surface area contributed by atoms with Crippen molar-refractivity contribution in [1.29, 1.82) is 0 Å². The molecule has 8 heteroatoms. The minimum atomic E-state index is -0.363. The van der Waals surface area contributed by atoms with Crippen LogP contribution in [0.2, 0.25) is 0 Å². The van der Waals surface area contributed by atoms with Crippen LogP contribution in [0.25, 0.3) is 21.7 Å². The van der Waals surface area contributed by atoms with Crippen LogP contribution in [0.4, 0.5) is 5.69 Å². The molecule has 1 fully saturated rings. The van der Waals surface area contributed by atoms with Crippen molar-refractivity contribution in [3.8, 4) is 10.7 Å². The van der Waals surface area contributed by atoms with Crippen molar-refractivity contribution < 1.29 is 14.4 Å². The van der Waals surface area contributed by atoms with Crippen molar-refractivity contribution in [3.05, 3.63) is 29.3 Å². The number of fused-ring (bicyclic) bond motifs is 1. The van der Waals surface area contributed by atoms with Gasteiger partial charge < -0.3 is 19.8 Å². The lowest BCUT2D eigenvalue weighted by atomic mass is 9.95. The summed E-state index contributed by atoms with van der Waals surface area (Å²) in [6.07, 6.45) is 4.00. The van der Waals surface area contributed by atoms with Gasteiger partial charge >= 0.3 is 0 Å². The van der Waals surface area contributed by atoms with E-state index in [1.54, 1.807) is 6.20 Å². The molecule has 28 heavy (non-hydrogen) atoms. The zero-order valence-corrected chi connectivity index (χ0v) is 16.9. The van der Waals surface area contributed by atoms with E-state index in [0.29, 0.717) is 22.1 Å². The highest BCUT2D eigenvalue weighted by Crippen LogP contribution is 2.33. The first-order valence-corrected chi connectivity index (χ1v) is 10.3. The molecule has 7 nitrogen and oxygen atoms in total. The fourth-order valence-corrected chi connectivity index (χ4v) is 4.03. The molecule has 0 aliphatic carbocycles. The van der Waals surface area contributed by atoms with E-state index in [-0.39, 0.29) is 17.9 Å². The molecule has 0 bridgehead atoms. The Morgan fingerprint density at radius 1 is 1.36 bits per heavy atom. The number of hydrogen-bond donors (Lipinski definition) is 2. The number of nitrogens with zero attached hydrogens (tertiary/aromatic N) is 3. The number of aliphatic hydroxyl groups excluding tert-OH is 1. The van der Waals surface area contributed by atoms with Gasteiger partial charge in [-0.2, -0.15) is 0 Å². The van der Waals surface area contributed by atoms with Crippen LogP contribution in [0.15, 0.2) is 28.9 Å². The third-order valence-electron chi connectivity index (χ3n) is 5.01. The lowest BCUT2D eigenvalue weighted by Crippen LogP contribution is -2.35. The molecule has 2 aromatic heterocycles. The van der Waals surface area contributed by atoms with Gasteiger partial charge in [0, 0.05) is 43.4 Å². The number of carbonyl (C=O) groups excluding carboxylic acids is 1. The van der Waals surface area contributed by atoms with E-state index in [0.717, 1.165) is 29.7 Å². The molecule has 1 saturated heterocycles. The van der Waals surface area contributed by atoms with Crippen LogP contribution in [-0.4, -0.2) is 47.4 Å². The quantitative estimate of drug-likeness (QED) is 0.660. The van der Waals surface area contributed by atoms with Crippen LogP contribution in [0.1, 0.15) is 36.4 Å². The minimum Gasteiger partial charge on any atom is -0.396 e. The smallest absolute Gasteiger partial charge is 0.263 e. The molecular weight excluding hydrogens is 376 g/mol. The number of hydrogen-bond acceptors (Lipinski definition) is 7. The highest BCUT2D eigenvalue weighted by Gasteiger charge is 2.21. The van der Waals surface area contributed by atoms with E-state index < -0.39 is 0 Å². The number of rotatable bonds is 6. The van der Waals surface area contributed by atoms with Crippen molar-refractivity contribution in [2.24, 2.45) is 5.41 Å². The molecule has 4 rings (SSSR count). The first kappa shape index (κ1) is 18.9. The second-order valence-electron chi connectivity index (χ2n) is 7.94. The molecule has 148 valence electrons. The van der Waals surface area contributed by atoms with Crippen molar-refractivity contribution in [1.82, 2.24) is 15.5 Å². The molecule has 2 N–H and O–H groups in total. The summed E-state index contributed by atoms with van der Waals surface area (Å²) in [4.78, 5) is 19.6. The molecule has 1 amide bonds. The highest BCUT2D eigenvalue weighted by atomic mass is 32.1. The Balaban J connectivity index is 1.53. The Kier molecular flexibility index (Phi) is 5.07. The number of aliphatic hydroxyl groups is 1. The van der Waals surface area contributed by atoms with Gasteiger partial charge in [0.25, 0.3) is 5.91 Å². The van der Waals surface area contributed by atoms with Crippen molar-refractivity contribution in [3.63, 3.8) is 0 Å². The zero-order valence-electron chi connectivity index (χ0n) is 16.1. The predicted molar refractivity (Wildman–Crippen MR) is 110 cm³/mol. The molecular formula is C20H24N4O3S. The average molecular weight is 401 g/mol. The lowest BCUT2D eigenvalue weighted by molar-refractivity contribution is 0.0915. The number of benzene rings is 1. The SMILES string of the molecule is CC(C)(CO)CNC(=O)c1cnc(-c2noc3cc(N4CCCC4)ccc23)s1. The summed E-state index contributed by atoms with van der Waals surface area (Å²) in [5.74, 6) is -0.200. The number of thiazole rings is 1. The van der Waals surface area contributed by atoms with Gasteiger partial charge in [0.2, 0.25) is 0 Å². The minimum absolute atomic E-state index is 0.00552. The Morgan fingerprint density at radius 3 is 2.89 bits per heavy atom. The molecule has 0 atom stereocenters. The average Bonchev–Trinajstić information content (AvgIpc) is 3.45. The lowest BCUT2D eigenvalue weighted by Gasteiger charge is -2.21. The van der Waals surface area contributed by atoms with Crippen molar-refractivity contribution in [2.45, 2.75) is 26.7 Å². The van der Waals surface area contributed by atoms with Gasteiger partial charge in [-0.05, 0) is 25.0 Å². The van der Waals surface area contributed by atoms with E-state index >= 15 is 0 Å². The molecule has 0 spiro atoms. The summed E-state index contributed by atoms with van der Waals surface area (Å²) in [6.45, 7) is 6.33. The van der Waals surface area contributed by atoms with Gasteiger partial charge in [0.15, 0.2) is 5.58 Å². The second-order valence-corrected chi connectivity index (χ2v) is 8.97. The molecule has 1 aliphatic heterocycles. The number of nitrogens with one attached hydrogen (secondary N) is 1. The predicted octanol–water partition coefficient (Wildman–Crippen LogP) is 3.30. The van der Waals surface area contributed by atoms with Crippen LogP contribution in [0.5, 0.6) is 0 Å². The Hall–Kier alpha value is -2.45. The molecule has 0 unspecified atom stereocenters. The Morgan fingerprint density at radius 2 is 2.14 bits per heavy atom. The highest BCUT2D eigenvalue weighted by molar-refractivity contribution is 7.17. The van der Waals surface area contributed by atoms with E-state index in [1.807, 2.05) is 26.0 Å². The molecule has 3 aromatic rings. The number of aromatic nitrogens is 2. The summed E-state index contributed by atoms with van der Waals surface area (Å²) in [7, 11) is 0. The van der Waals surface area contributed by atoms with Gasteiger partial charge in [-0.1, -0.05) is 19.0 Å². The molecule has 0 saturated carbocycles. The third kappa shape index (κ3) is 3.74. The fourth-order valence-electron chi connectivity index (χ4n) is 3.20. The summed E-state index contributed by atoms with van der Waals surface area (Å²) in [5, 5.41) is 17.9. The first-order valence-electron chi connectivity index (χ1n) is 9.46. The fraction of sp³-hybridized carbons (Fsp3) is 0.450. The van der Waals surface area contributed by atoms with E-state index in [4.69, 9.17) is 4.52 Å². The summed E-state index contributed by atoms with van der Waals surface area (Å²) >= 11 is 1.28. The number of anilines is 1. The third-order valence-corrected chi connectivity index (χ3v) is 6.02. The zero-order chi connectivity index (χ0) is 19.7. The van der Waals surface area contributed by atoms with E-state index in [2.05, 4.69) is 26.4 Å². The molecule has 3 heterocycles. The Bertz CT molecular complexity index is 988. The first-order chi connectivity index (χ1) is 13.5. The monoisotopic (exact) mass is 400 g/mol. The number of amides is 1. The van der Waals surface area contributed by atoms with Crippen LogP contribution in [-0.2, 0) is 0 Å². The van der Waals surface area contributed by atoms with Gasteiger partial charge in [-0.15, -0.1) is 11.3 Å². The summed E-state index contributed by atoms with van der Waals surface area (Å²) in [6, 6.07) is 6.13. The largest absolute Gasteiger partial charge is 0.396 e. The van der Waals surface area contributed by atoms with Gasteiger partial charge in [0.05, 0.1) is 11.6 Å². The Labute approximate surface area is 167 Å². The summed E-state index contributed by atoms with van der Waals surface area (Å²) in [5.41, 5.74) is 2.17. The molecule has 1 aliphatic rings. The van der Waals surface area contributed by atoms with Crippen LogP contribution in [0.3, 0.4) is 0 Å². The second kappa shape index (κ2) is 7.52. The van der Waals surface area contributed by atoms with Crippen LogP contribution >= 0.6 is 11.3 Å². The van der Waals surface area contributed by atoms with Crippen LogP contribution in [0, 0.1) is 5.41 Å². The van der Waals surface area contributed by atoms with Gasteiger partial charge in [-0.25, -0.2) is 4.98 Å². The van der Waals surface area contributed by atoms with Gasteiger partial charge in [-0.3, -0.25) is 4.79 Å². The van der Waals surface area contributed by atoms with Crippen LogP contribution < -0.4 is 10.2 Å². The maximum Gasteiger partial charge on any atom is 0.263 e. The van der Waals surface area contributed by atoms with Crippen molar-refractivity contribution >= 4 is 33.9 Å². The molecule has 0 radical (unpaired) electrons. The summed E-state index contributed by atoms with van der Waals surface area (Å²) < 4.78 is 5.54. The standard InChI is InChI=1S/C20H24N4O3S/c1-20(2,12-25)11-22-18(26)16-10-21-19(28-16)17-14-6-5-13(9-15(14)27-23-17)24-7-3-4-8-24/h5-6,9-10,25H,3-4,7-8,11-12H2,1-2H3,(H,22,26). The van der Waals surface area contributed by atoms with Gasteiger partial charge in [0.1, 0.15) is 15.6 Å². The van der Waals surface area contributed by atoms with Crippen molar-refractivity contribution in [2.75, 3.05) is 31.1 Å². The normalized spacial score (nSPS) is 14.8. The number of carbonyl (C=O) groups is 1.